The van der Waals surface area contributed by atoms with Crippen LogP contribution < -0.4 is 5.73 Å². The van der Waals surface area contributed by atoms with Crippen LogP contribution in [-0.2, 0) is 0 Å². The monoisotopic (exact) mass is 185 g/mol. The zero-order chi connectivity index (χ0) is 8.97. The van der Waals surface area contributed by atoms with Crippen molar-refractivity contribution in [2.24, 2.45) is 5.73 Å². The van der Waals surface area contributed by atoms with Gasteiger partial charge in [-0.25, -0.2) is 9.97 Å². The van der Waals surface area contributed by atoms with Crippen molar-refractivity contribution < 1.29 is 5.11 Å². The molecular weight excluding hydrogens is 174 g/mol. The lowest BCUT2D eigenvalue weighted by Gasteiger charge is -2.06. The normalized spacial score (nSPS) is 12.9. The van der Waals surface area contributed by atoms with Gasteiger partial charge in [-0.15, -0.1) is 0 Å². The summed E-state index contributed by atoms with van der Waals surface area (Å²) in [6.07, 6.45) is 2.82. The predicted molar refractivity (Wildman–Crippen MR) is 47.8 cm³/mol. The number of thioether (sulfide) groups is 1. The molecule has 0 radical (unpaired) electrons. The molecule has 0 saturated carbocycles. The van der Waals surface area contributed by atoms with Crippen molar-refractivity contribution in [2.75, 3.05) is 12.8 Å². The Bertz CT molecular complexity index is 256. The summed E-state index contributed by atoms with van der Waals surface area (Å²) in [5, 5.41) is 9.98. The lowest BCUT2D eigenvalue weighted by Crippen LogP contribution is -2.13. The lowest BCUT2D eigenvalue weighted by molar-refractivity contribution is 0.181. The largest absolute Gasteiger partial charge is 0.385 e. The van der Waals surface area contributed by atoms with Crippen LogP contribution in [0.2, 0.25) is 0 Å². The van der Waals surface area contributed by atoms with Gasteiger partial charge in [0, 0.05) is 12.7 Å². The zero-order valence-corrected chi connectivity index (χ0v) is 7.58. The predicted octanol–water partition coefficient (Wildman–Crippen LogP) is 0.191. The topological polar surface area (TPSA) is 72.0 Å². The number of hydrogen-bond donors (Lipinski definition) is 2. The van der Waals surface area contributed by atoms with Gasteiger partial charge in [0.25, 0.3) is 0 Å². The molecule has 0 amide bonds. The Hall–Kier alpha value is -0.650. The third kappa shape index (κ3) is 2.17. The molecule has 0 aliphatic rings. The molecule has 0 spiro atoms. The van der Waals surface area contributed by atoms with Crippen LogP contribution in [-0.4, -0.2) is 27.9 Å². The van der Waals surface area contributed by atoms with Crippen molar-refractivity contribution in [1.29, 1.82) is 0 Å². The first-order valence-corrected chi connectivity index (χ1v) is 4.75. The Morgan fingerprint density at radius 3 is 3.08 bits per heavy atom. The molecule has 5 heteroatoms. The van der Waals surface area contributed by atoms with Crippen molar-refractivity contribution in [2.45, 2.75) is 11.3 Å². The second kappa shape index (κ2) is 4.39. The molecule has 0 bridgehead atoms. The molecule has 3 N–H and O–H groups in total. The molecule has 12 heavy (non-hydrogen) atoms. The van der Waals surface area contributed by atoms with Crippen LogP contribution >= 0.6 is 11.8 Å². The summed E-state index contributed by atoms with van der Waals surface area (Å²) in [5.74, 6) is 0. The molecule has 0 aromatic carbocycles. The lowest BCUT2D eigenvalue weighted by atomic mass is 10.2. The minimum absolute atomic E-state index is 0.185. The van der Waals surface area contributed by atoms with E-state index in [2.05, 4.69) is 9.97 Å². The summed E-state index contributed by atoms with van der Waals surface area (Å²) in [6.45, 7) is 0.185. The van der Waals surface area contributed by atoms with E-state index in [0.717, 1.165) is 0 Å². The van der Waals surface area contributed by atoms with E-state index in [1.807, 2.05) is 6.26 Å². The van der Waals surface area contributed by atoms with Gasteiger partial charge in [-0.3, -0.25) is 0 Å². The maximum Gasteiger partial charge on any atom is 0.187 e. The van der Waals surface area contributed by atoms with Crippen molar-refractivity contribution in [1.82, 2.24) is 9.97 Å². The van der Waals surface area contributed by atoms with Crippen LogP contribution in [0.5, 0.6) is 0 Å². The number of hydrogen-bond acceptors (Lipinski definition) is 5. The van der Waals surface area contributed by atoms with Gasteiger partial charge in [-0.2, -0.15) is 0 Å². The number of aliphatic hydroxyl groups is 1. The number of aromatic nitrogens is 2. The first-order valence-electron chi connectivity index (χ1n) is 3.53. The van der Waals surface area contributed by atoms with Gasteiger partial charge >= 0.3 is 0 Å². The summed E-state index contributed by atoms with van der Waals surface area (Å²) >= 11 is 1.44. The van der Waals surface area contributed by atoms with Gasteiger partial charge in [0.1, 0.15) is 6.10 Å². The van der Waals surface area contributed by atoms with Crippen molar-refractivity contribution >= 4 is 11.8 Å². The van der Waals surface area contributed by atoms with Gasteiger partial charge in [-0.1, -0.05) is 11.8 Å². The van der Waals surface area contributed by atoms with Gasteiger partial charge in [-0.05, 0) is 12.3 Å². The Labute approximate surface area is 75.2 Å². The first kappa shape index (κ1) is 9.44. The summed E-state index contributed by atoms with van der Waals surface area (Å²) in [4.78, 5) is 8.06. The minimum Gasteiger partial charge on any atom is -0.385 e. The van der Waals surface area contributed by atoms with Gasteiger partial charge in [0.15, 0.2) is 5.16 Å². The van der Waals surface area contributed by atoms with Crippen molar-refractivity contribution in [3.05, 3.63) is 18.0 Å². The summed E-state index contributed by atoms with van der Waals surface area (Å²) < 4.78 is 0. The van der Waals surface area contributed by atoms with E-state index in [-0.39, 0.29) is 6.54 Å². The van der Waals surface area contributed by atoms with E-state index in [1.165, 1.54) is 11.8 Å². The van der Waals surface area contributed by atoms with Crippen LogP contribution in [0.3, 0.4) is 0 Å². The van der Waals surface area contributed by atoms with Crippen molar-refractivity contribution in [3.63, 3.8) is 0 Å². The molecule has 66 valence electrons. The molecule has 0 saturated heterocycles. The first-order chi connectivity index (χ1) is 5.77. The van der Waals surface area contributed by atoms with Crippen LogP contribution in [0.25, 0.3) is 0 Å². The molecule has 1 aromatic heterocycles. The SMILES string of the molecule is CSc1nccc(C(O)CN)n1. The maximum absolute atomic E-state index is 9.32. The number of rotatable bonds is 3. The molecule has 1 rings (SSSR count). The second-order valence-corrected chi connectivity index (χ2v) is 2.99. The summed E-state index contributed by atoms with van der Waals surface area (Å²) in [7, 11) is 0. The van der Waals surface area contributed by atoms with E-state index in [1.54, 1.807) is 12.3 Å². The molecule has 1 atom stereocenters. The van der Waals surface area contributed by atoms with Crippen LogP contribution in [0.1, 0.15) is 11.8 Å². The Balaban J connectivity index is 2.86. The molecule has 4 nitrogen and oxygen atoms in total. The Morgan fingerprint density at radius 1 is 1.75 bits per heavy atom. The summed E-state index contributed by atoms with van der Waals surface area (Å²) in [5.41, 5.74) is 5.86. The third-order valence-corrected chi connectivity index (χ3v) is 1.96. The molecule has 0 aliphatic heterocycles. The van der Waals surface area contributed by atoms with Crippen LogP contribution in [0, 0.1) is 0 Å². The average molecular weight is 185 g/mol. The fourth-order valence-electron chi connectivity index (χ4n) is 0.759. The van der Waals surface area contributed by atoms with E-state index >= 15 is 0 Å². The minimum atomic E-state index is -0.682. The van der Waals surface area contributed by atoms with E-state index in [0.29, 0.717) is 10.9 Å². The Morgan fingerprint density at radius 2 is 2.50 bits per heavy atom. The van der Waals surface area contributed by atoms with Gasteiger partial charge in [0.2, 0.25) is 0 Å². The highest BCUT2D eigenvalue weighted by Crippen LogP contribution is 2.12. The van der Waals surface area contributed by atoms with Gasteiger partial charge < -0.3 is 10.8 Å². The smallest absolute Gasteiger partial charge is 0.187 e. The fourth-order valence-corrected chi connectivity index (χ4v) is 1.12. The summed E-state index contributed by atoms with van der Waals surface area (Å²) in [6, 6.07) is 1.66. The van der Waals surface area contributed by atoms with E-state index < -0.39 is 6.10 Å². The van der Waals surface area contributed by atoms with E-state index in [9.17, 15) is 5.11 Å². The molecular formula is C7H11N3OS. The number of nitrogens with zero attached hydrogens (tertiary/aromatic N) is 2. The third-order valence-electron chi connectivity index (χ3n) is 1.40. The van der Waals surface area contributed by atoms with Crippen molar-refractivity contribution in [3.8, 4) is 0 Å². The Kier molecular flexibility index (Phi) is 3.46. The average Bonchev–Trinajstić information content (AvgIpc) is 2.17. The molecule has 0 aliphatic carbocycles. The van der Waals surface area contributed by atoms with Crippen LogP contribution in [0.15, 0.2) is 17.4 Å². The van der Waals surface area contributed by atoms with E-state index in [4.69, 9.17) is 5.73 Å². The quantitative estimate of drug-likeness (QED) is 0.519. The molecule has 0 fully saturated rings. The van der Waals surface area contributed by atoms with Crippen LogP contribution in [0.4, 0.5) is 0 Å². The molecule has 1 heterocycles. The molecule has 1 aromatic rings. The number of aliphatic hydroxyl groups excluding tert-OH is 1. The standard InChI is InChI=1S/C7H11N3OS/c1-12-7-9-3-2-5(10-7)6(11)4-8/h2-3,6,11H,4,8H2,1H3. The van der Waals surface area contributed by atoms with Gasteiger partial charge in [0.05, 0.1) is 5.69 Å². The highest BCUT2D eigenvalue weighted by Gasteiger charge is 2.06. The molecule has 1 unspecified atom stereocenters. The maximum atomic E-state index is 9.32. The second-order valence-electron chi connectivity index (χ2n) is 2.22. The number of nitrogens with two attached hydrogens (primary N) is 1. The zero-order valence-electron chi connectivity index (χ0n) is 6.77. The highest BCUT2D eigenvalue weighted by molar-refractivity contribution is 7.98. The highest BCUT2D eigenvalue weighted by atomic mass is 32.2. The fraction of sp³-hybridized carbons (Fsp3) is 0.429.